The molecule has 0 amide bonds. The first kappa shape index (κ1) is 12.0. The van der Waals surface area contributed by atoms with Crippen LogP contribution in [-0.4, -0.2) is 6.54 Å². The quantitative estimate of drug-likeness (QED) is 0.735. The molecule has 8 heavy (non-hydrogen) atoms. The molecule has 0 bridgehead atoms. The SMILES string of the molecule is CCCC[NH3+].[Cl][Au-][Cl]. The molecule has 1 nitrogen and oxygen atoms in total. The van der Waals surface area contributed by atoms with Crippen molar-refractivity contribution < 1.29 is 23.3 Å². The van der Waals surface area contributed by atoms with Gasteiger partial charge < -0.3 is 5.73 Å². The molecular formula is C4H12AuCl2N. The van der Waals surface area contributed by atoms with Crippen molar-refractivity contribution in [2.24, 2.45) is 0 Å². The summed E-state index contributed by atoms with van der Waals surface area (Å²) in [5.74, 6) is 0. The van der Waals surface area contributed by atoms with Crippen LogP contribution in [0.1, 0.15) is 19.8 Å². The maximum atomic E-state index is 4.86. The number of hydrogen-bond acceptors (Lipinski definition) is 0. The summed E-state index contributed by atoms with van der Waals surface area (Å²) in [4.78, 5) is 0. The van der Waals surface area contributed by atoms with Crippen LogP contribution in [0.3, 0.4) is 0 Å². The van der Waals surface area contributed by atoms with Gasteiger partial charge in [0.2, 0.25) is 0 Å². The topological polar surface area (TPSA) is 27.6 Å². The van der Waals surface area contributed by atoms with Gasteiger partial charge in [0.1, 0.15) is 0 Å². The maximum absolute atomic E-state index is 4.86. The molecule has 3 N–H and O–H groups in total. The van der Waals surface area contributed by atoms with E-state index in [4.69, 9.17) is 18.4 Å². The molecule has 0 aromatic rings. The van der Waals surface area contributed by atoms with E-state index in [0.29, 0.717) is 0 Å². The Bertz CT molecular complexity index is 28.0. The number of rotatable bonds is 2. The summed E-state index contributed by atoms with van der Waals surface area (Å²) in [6.07, 6.45) is 2.56. The molecule has 0 rings (SSSR count). The van der Waals surface area contributed by atoms with E-state index in [1.165, 1.54) is 12.8 Å². The molecule has 0 fully saturated rings. The molecule has 0 aliphatic carbocycles. The van der Waals surface area contributed by atoms with Crippen molar-refractivity contribution in [3.05, 3.63) is 0 Å². The fourth-order valence-corrected chi connectivity index (χ4v) is 0.250. The summed E-state index contributed by atoms with van der Waals surface area (Å²) in [6.45, 7) is 3.27. The molecule has 0 atom stereocenters. The Labute approximate surface area is 67.9 Å². The third kappa shape index (κ3) is 26.7. The average Bonchev–Trinajstić information content (AvgIpc) is 1.71. The normalized spacial score (nSPS) is 8.00. The second-order valence-corrected chi connectivity index (χ2v) is 4.38. The van der Waals surface area contributed by atoms with Gasteiger partial charge in [0, 0.05) is 0 Å². The fourth-order valence-electron chi connectivity index (χ4n) is 0.250. The summed E-state index contributed by atoms with van der Waals surface area (Å²) in [5.41, 5.74) is 3.68. The summed E-state index contributed by atoms with van der Waals surface area (Å²) >= 11 is -0.389. The van der Waals surface area contributed by atoms with Gasteiger partial charge in [-0.15, -0.1) is 0 Å². The van der Waals surface area contributed by atoms with Crippen LogP contribution in [0.2, 0.25) is 0 Å². The summed E-state index contributed by atoms with van der Waals surface area (Å²) in [5, 5.41) is 0. The first-order chi connectivity index (χ1) is 3.83. The van der Waals surface area contributed by atoms with Crippen molar-refractivity contribution >= 4 is 18.4 Å². The predicted octanol–water partition coefficient (Wildman–Crippen LogP) is 1.40. The predicted molar refractivity (Wildman–Crippen MR) is 34.4 cm³/mol. The first-order valence-corrected chi connectivity index (χ1v) is 7.80. The van der Waals surface area contributed by atoms with Gasteiger partial charge in [0.25, 0.3) is 0 Å². The van der Waals surface area contributed by atoms with E-state index in [-0.39, 0.29) is 17.6 Å². The molecule has 4 heteroatoms. The zero-order valence-corrected chi connectivity index (χ0v) is 8.56. The van der Waals surface area contributed by atoms with E-state index in [1.54, 1.807) is 0 Å². The van der Waals surface area contributed by atoms with Crippen LogP contribution < -0.4 is 5.73 Å². The van der Waals surface area contributed by atoms with Gasteiger partial charge in [-0.05, 0) is 6.42 Å². The number of halogens is 2. The minimum atomic E-state index is -0.389. The summed E-state index contributed by atoms with van der Waals surface area (Å²) in [6, 6.07) is 0. The molecule has 0 heterocycles. The molecule has 0 aliphatic rings. The minimum absolute atomic E-state index is 0.389. The Morgan fingerprint density at radius 3 is 1.88 bits per heavy atom. The van der Waals surface area contributed by atoms with Crippen molar-refractivity contribution in [3.63, 3.8) is 0 Å². The zero-order chi connectivity index (χ0) is 6.83. The van der Waals surface area contributed by atoms with E-state index in [1.807, 2.05) is 0 Å². The van der Waals surface area contributed by atoms with Crippen LogP contribution in [-0.2, 0) is 17.6 Å². The zero-order valence-electron chi connectivity index (χ0n) is 4.89. The Kier molecular flexibility index (Phi) is 23.6. The van der Waals surface area contributed by atoms with Gasteiger partial charge in [0.15, 0.2) is 0 Å². The number of hydrogen-bond donors (Lipinski definition) is 1. The standard InChI is InChI=1S/C4H11N.Au.2ClH/c1-2-3-4-5;;;/h2-5H2,1H3;;2*1H/q;+1;;/p-1. The molecule has 0 aromatic carbocycles. The van der Waals surface area contributed by atoms with Crippen LogP contribution in [0.5, 0.6) is 0 Å². The van der Waals surface area contributed by atoms with Gasteiger partial charge in [-0.2, -0.15) is 0 Å². The van der Waals surface area contributed by atoms with Crippen molar-refractivity contribution in [1.29, 1.82) is 0 Å². The first-order valence-electron chi connectivity index (χ1n) is 2.44. The van der Waals surface area contributed by atoms with Crippen molar-refractivity contribution in [3.8, 4) is 0 Å². The summed E-state index contributed by atoms with van der Waals surface area (Å²) < 4.78 is 0. The molecule has 0 radical (unpaired) electrons. The van der Waals surface area contributed by atoms with Crippen LogP contribution in [0.15, 0.2) is 0 Å². The average molecular weight is 342 g/mol. The Morgan fingerprint density at radius 1 is 1.50 bits per heavy atom. The van der Waals surface area contributed by atoms with Gasteiger partial charge in [-0.3, -0.25) is 0 Å². The third-order valence-corrected chi connectivity index (χ3v) is 0.604. The van der Waals surface area contributed by atoms with Gasteiger partial charge in [0.05, 0.1) is 6.54 Å². The molecule has 0 aliphatic heterocycles. The Hall–Kier alpha value is 1.28. The van der Waals surface area contributed by atoms with Crippen molar-refractivity contribution in [2.75, 3.05) is 6.54 Å². The van der Waals surface area contributed by atoms with E-state index in [2.05, 4.69) is 12.7 Å². The Balaban J connectivity index is 0. The van der Waals surface area contributed by atoms with Gasteiger partial charge in [-0.1, -0.05) is 13.3 Å². The molecular weight excluding hydrogens is 330 g/mol. The molecule has 0 spiro atoms. The molecule has 0 saturated carbocycles. The van der Waals surface area contributed by atoms with E-state index in [9.17, 15) is 0 Å². The second-order valence-electron chi connectivity index (χ2n) is 1.25. The van der Waals surface area contributed by atoms with Crippen LogP contribution >= 0.6 is 18.4 Å². The van der Waals surface area contributed by atoms with Crippen LogP contribution in [0, 0.1) is 0 Å². The number of quaternary nitrogens is 1. The monoisotopic (exact) mass is 341 g/mol. The molecule has 0 unspecified atom stereocenters. The fraction of sp³-hybridized carbons (Fsp3) is 1.00. The van der Waals surface area contributed by atoms with E-state index in [0.717, 1.165) is 6.54 Å². The molecule has 58 valence electrons. The Morgan fingerprint density at radius 2 is 1.88 bits per heavy atom. The summed E-state index contributed by atoms with van der Waals surface area (Å²) in [7, 11) is 9.72. The third-order valence-electron chi connectivity index (χ3n) is 0.604. The van der Waals surface area contributed by atoms with Crippen molar-refractivity contribution in [2.45, 2.75) is 19.8 Å². The second kappa shape index (κ2) is 15.7. The van der Waals surface area contributed by atoms with E-state index < -0.39 is 0 Å². The van der Waals surface area contributed by atoms with E-state index >= 15 is 0 Å². The van der Waals surface area contributed by atoms with Crippen molar-refractivity contribution in [1.82, 2.24) is 0 Å². The number of unbranched alkanes of at least 4 members (excludes halogenated alkanes) is 1. The van der Waals surface area contributed by atoms with Crippen LogP contribution in [0.25, 0.3) is 0 Å². The van der Waals surface area contributed by atoms with Gasteiger partial charge in [-0.25, -0.2) is 0 Å². The van der Waals surface area contributed by atoms with Gasteiger partial charge >= 0.3 is 36.0 Å². The molecule has 0 aromatic heterocycles. The van der Waals surface area contributed by atoms with Crippen LogP contribution in [0.4, 0.5) is 0 Å². The molecule has 0 saturated heterocycles.